The molecule has 0 fully saturated rings. The van der Waals surface area contributed by atoms with Crippen molar-refractivity contribution in [2.75, 3.05) is 75.4 Å². The van der Waals surface area contributed by atoms with Crippen molar-refractivity contribution in [1.82, 2.24) is 37.2 Å². The van der Waals surface area contributed by atoms with E-state index in [-0.39, 0.29) is 35.7 Å². The second-order valence-corrected chi connectivity index (χ2v) is 16.2. The number of hydrogen-bond donors (Lipinski definition) is 13. The standard InChI is InChI=1S/C28H61N13O3S4/c1-2-5-24(42)41-21(20-36-13-17-46-48-19-15-38-26(44)23(30)7-4-10-40-28(33)34)8-11-35-12-16-45-47-18-14-37-25(43)22(29)6-3-9-39-27(31)32/h21-23,35-36H,2-20,29-30H2,1H3,(H,37,43)(H,38,44)(H,41,42)(H4,31,32,39)(H4,33,34,40). The normalized spacial score (nSPS) is 12.8. The third kappa shape index (κ3) is 30.3. The third-order valence-electron chi connectivity index (χ3n) is 6.45. The van der Waals surface area contributed by atoms with E-state index in [1.165, 1.54) is 0 Å². The van der Waals surface area contributed by atoms with E-state index in [4.69, 9.17) is 33.8 Å². The fourth-order valence-corrected chi connectivity index (χ4v) is 7.65. The van der Waals surface area contributed by atoms with Crippen LogP contribution in [0.4, 0.5) is 0 Å². The first-order valence-electron chi connectivity index (χ1n) is 16.5. The van der Waals surface area contributed by atoms with Gasteiger partial charge in [0, 0.05) is 81.3 Å². The minimum Gasteiger partial charge on any atom is -0.370 e. The van der Waals surface area contributed by atoms with E-state index in [9.17, 15) is 14.4 Å². The molecule has 0 aromatic rings. The zero-order valence-corrected chi connectivity index (χ0v) is 31.6. The number of hydrogen-bond acceptors (Lipinski definition) is 13. The first-order valence-corrected chi connectivity index (χ1v) is 21.5. The molecule has 280 valence electrons. The first kappa shape index (κ1) is 46.2. The Labute approximate surface area is 302 Å². The number of rotatable bonds is 32. The quantitative estimate of drug-likeness (QED) is 0.0170. The lowest BCUT2D eigenvalue weighted by molar-refractivity contribution is -0.123. The van der Waals surface area contributed by atoms with Crippen LogP contribution in [0.1, 0.15) is 51.9 Å². The summed E-state index contributed by atoms with van der Waals surface area (Å²) >= 11 is 0. The molecule has 0 aliphatic heterocycles. The Morgan fingerprint density at radius 2 is 1.08 bits per heavy atom. The lowest BCUT2D eigenvalue weighted by atomic mass is 10.1. The van der Waals surface area contributed by atoms with Crippen LogP contribution < -0.4 is 60.2 Å². The fraction of sp³-hybridized carbons (Fsp3) is 0.821. The molecule has 3 unspecified atom stereocenters. The summed E-state index contributed by atoms with van der Waals surface area (Å²) in [7, 11) is 6.89. The predicted molar refractivity (Wildman–Crippen MR) is 207 cm³/mol. The van der Waals surface area contributed by atoms with Gasteiger partial charge in [-0.25, -0.2) is 0 Å². The van der Waals surface area contributed by atoms with Crippen LogP contribution in [0, 0.1) is 10.8 Å². The van der Waals surface area contributed by atoms with E-state index < -0.39 is 12.1 Å². The van der Waals surface area contributed by atoms with Gasteiger partial charge in [-0.15, -0.1) is 0 Å². The van der Waals surface area contributed by atoms with Crippen molar-refractivity contribution in [3.8, 4) is 0 Å². The second kappa shape index (κ2) is 32.4. The van der Waals surface area contributed by atoms with E-state index in [1.54, 1.807) is 43.2 Å². The van der Waals surface area contributed by atoms with Crippen molar-refractivity contribution >= 4 is 72.8 Å². The maximum absolute atomic E-state index is 12.2. The highest BCUT2D eigenvalue weighted by molar-refractivity contribution is 8.77. The van der Waals surface area contributed by atoms with Crippen LogP contribution in [0.15, 0.2) is 0 Å². The van der Waals surface area contributed by atoms with E-state index >= 15 is 0 Å². The van der Waals surface area contributed by atoms with Gasteiger partial charge in [0.05, 0.1) is 12.1 Å². The summed E-state index contributed by atoms with van der Waals surface area (Å²) in [5.74, 6) is 2.98. The summed E-state index contributed by atoms with van der Waals surface area (Å²) < 4.78 is 0. The zero-order chi connectivity index (χ0) is 35.8. The molecule has 16 nitrogen and oxygen atoms in total. The molecule has 0 radical (unpaired) electrons. The van der Waals surface area contributed by atoms with Crippen molar-refractivity contribution in [3.05, 3.63) is 0 Å². The van der Waals surface area contributed by atoms with Crippen molar-refractivity contribution in [2.24, 2.45) is 22.9 Å². The first-order chi connectivity index (χ1) is 23.1. The van der Waals surface area contributed by atoms with E-state index in [2.05, 4.69) is 37.2 Å². The zero-order valence-electron chi connectivity index (χ0n) is 28.3. The molecule has 0 heterocycles. The molecule has 0 rings (SSSR count). The lowest BCUT2D eigenvalue weighted by Gasteiger charge is -2.20. The Morgan fingerprint density at radius 3 is 1.54 bits per heavy atom. The smallest absolute Gasteiger partial charge is 0.236 e. The van der Waals surface area contributed by atoms with Crippen LogP contribution >= 0.6 is 43.2 Å². The van der Waals surface area contributed by atoms with Crippen molar-refractivity contribution < 1.29 is 14.4 Å². The molecule has 0 aliphatic rings. The van der Waals surface area contributed by atoms with Gasteiger partial charge in [0.2, 0.25) is 17.7 Å². The Balaban J connectivity index is 3.92. The molecule has 0 aromatic carbocycles. The number of nitrogens with one attached hydrogen (secondary N) is 9. The number of nitrogens with two attached hydrogens (primary N) is 4. The van der Waals surface area contributed by atoms with Gasteiger partial charge in [0.25, 0.3) is 0 Å². The molecule has 0 aliphatic carbocycles. The van der Waals surface area contributed by atoms with Crippen LogP contribution in [0.2, 0.25) is 0 Å². The average molecular weight is 756 g/mol. The Kier molecular flexibility index (Phi) is 31.2. The van der Waals surface area contributed by atoms with Crippen molar-refractivity contribution in [1.29, 1.82) is 10.8 Å². The van der Waals surface area contributed by atoms with Gasteiger partial charge in [-0.2, -0.15) is 0 Å². The molecule has 0 spiro atoms. The third-order valence-corrected chi connectivity index (χ3v) is 11.3. The summed E-state index contributed by atoms with van der Waals surface area (Å²) in [5.41, 5.74) is 22.3. The summed E-state index contributed by atoms with van der Waals surface area (Å²) in [6.07, 6.45) is 4.55. The molecule has 48 heavy (non-hydrogen) atoms. The second-order valence-electron chi connectivity index (χ2n) is 10.8. The monoisotopic (exact) mass is 755 g/mol. The molecule has 0 bridgehead atoms. The van der Waals surface area contributed by atoms with Gasteiger partial charge < -0.3 is 60.2 Å². The fourth-order valence-electron chi connectivity index (χ4n) is 3.94. The maximum atomic E-state index is 12.2. The molecule has 3 amide bonds. The van der Waals surface area contributed by atoms with Gasteiger partial charge in [-0.3, -0.25) is 25.2 Å². The topological polar surface area (TPSA) is 287 Å². The highest BCUT2D eigenvalue weighted by Crippen LogP contribution is 2.20. The Hall–Kier alpha value is -1.81. The average Bonchev–Trinajstić information content (AvgIpc) is 3.04. The molecule has 17 N–H and O–H groups in total. The summed E-state index contributed by atoms with van der Waals surface area (Å²) in [6.45, 7) is 7.32. The maximum Gasteiger partial charge on any atom is 0.236 e. The van der Waals surface area contributed by atoms with Gasteiger partial charge in [-0.05, 0) is 45.1 Å². The van der Waals surface area contributed by atoms with Crippen LogP contribution in [-0.4, -0.2) is 123 Å². The summed E-state index contributed by atoms with van der Waals surface area (Å²) in [6, 6.07) is -1.08. The Bertz CT molecular complexity index is 896. The minimum absolute atomic E-state index is 0.0503. The van der Waals surface area contributed by atoms with Crippen LogP contribution in [-0.2, 0) is 14.4 Å². The largest absolute Gasteiger partial charge is 0.370 e. The Morgan fingerprint density at radius 1 is 0.625 bits per heavy atom. The number of guanidine groups is 2. The van der Waals surface area contributed by atoms with Gasteiger partial charge in [0.15, 0.2) is 11.9 Å². The van der Waals surface area contributed by atoms with Gasteiger partial charge in [-0.1, -0.05) is 50.1 Å². The number of carbonyl (C=O) groups excluding carboxylic acids is 3. The molecule has 0 saturated carbocycles. The van der Waals surface area contributed by atoms with E-state index in [0.29, 0.717) is 64.8 Å². The highest BCUT2D eigenvalue weighted by Gasteiger charge is 2.14. The van der Waals surface area contributed by atoms with Crippen molar-refractivity contribution in [2.45, 2.75) is 70.0 Å². The highest BCUT2D eigenvalue weighted by atomic mass is 33.1. The lowest BCUT2D eigenvalue weighted by Crippen LogP contribution is -2.44. The van der Waals surface area contributed by atoms with Gasteiger partial charge >= 0.3 is 0 Å². The SMILES string of the molecule is CCCC(=O)NC(CCNCCSSCCNC(=O)C(N)CCCNC(=N)N)CNCCSSCCNC(=O)C(N)CCCNC(=N)N. The molecule has 3 atom stereocenters. The van der Waals surface area contributed by atoms with E-state index in [0.717, 1.165) is 55.5 Å². The molecule has 0 saturated heterocycles. The molecule has 0 aromatic heterocycles. The number of carbonyl (C=O) groups is 3. The summed E-state index contributed by atoms with van der Waals surface area (Å²) in [5, 5.41) is 35.4. The molecule has 20 heteroatoms. The van der Waals surface area contributed by atoms with Gasteiger partial charge in [0.1, 0.15) is 0 Å². The van der Waals surface area contributed by atoms with Crippen molar-refractivity contribution in [3.63, 3.8) is 0 Å². The van der Waals surface area contributed by atoms with Crippen LogP contribution in [0.25, 0.3) is 0 Å². The predicted octanol–water partition coefficient (Wildman–Crippen LogP) is -0.983. The number of amides is 3. The van der Waals surface area contributed by atoms with Crippen LogP contribution in [0.3, 0.4) is 0 Å². The molecular formula is C28H61N13O3S4. The van der Waals surface area contributed by atoms with Crippen LogP contribution in [0.5, 0.6) is 0 Å². The minimum atomic E-state index is -0.567. The van der Waals surface area contributed by atoms with E-state index in [1.807, 2.05) is 6.92 Å². The molecular weight excluding hydrogens is 695 g/mol. The summed E-state index contributed by atoms with van der Waals surface area (Å²) in [4.78, 5) is 36.3.